The van der Waals surface area contributed by atoms with E-state index in [0.29, 0.717) is 0 Å². The van der Waals surface area contributed by atoms with Crippen LogP contribution in [0.5, 0.6) is 0 Å². The number of carbonyl (C=O) groups is 1. The van der Waals surface area contributed by atoms with Crippen molar-refractivity contribution in [1.82, 2.24) is 0 Å². The fourth-order valence-corrected chi connectivity index (χ4v) is 1.61. The maximum atomic E-state index is 11.2. The quantitative estimate of drug-likeness (QED) is 0.348. The number of rotatable bonds is 4. The normalized spacial score (nSPS) is 11.4. The Balaban J connectivity index is 2.67. The summed E-state index contributed by atoms with van der Waals surface area (Å²) in [5.74, 6) is -0.583. The van der Waals surface area contributed by atoms with Gasteiger partial charge in [0, 0.05) is 4.88 Å². The summed E-state index contributed by atoms with van der Waals surface area (Å²) < 4.78 is 4.72. The van der Waals surface area contributed by atoms with E-state index in [1.807, 2.05) is 23.6 Å². The molecular formula is C12H11NO2S. The first-order valence-electron chi connectivity index (χ1n) is 4.77. The lowest BCUT2D eigenvalue weighted by Crippen LogP contribution is -2.05. The zero-order valence-corrected chi connectivity index (χ0v) is 9.66. The molecule has 4 heteroatoms. The van der Waals surface area contributed by atoms with Gasteiger partial charge in [-0.05, 0) is 30.5 Å². The maximum absolute atomic E-state index is 11.2. The molecule has 0 fully saturated rings. The fourth-order valence-electron chi connectivity index (χ4n) is 0.985. The van der Waals surface area contributed by atoms with E-state index in [-0.39, 0.29) is 12.2 Å². The van der Waals surface area contributed by atoms with Crippen LogP contribution in [0.3, 0.4) is 0 Å². The Morgan fingerprint density at radius 1 is 1.69 bits per heavy atom. The Labute approximate surface area is 98.3 Å². The van der Waals surface area contributed by atoms with Crippen LogP contribution in [0, 0.1) is 11.3 Å². The van der Waals surface area contributed by atoms with Crippen molar-refractivity contribution >= 4 is 23.4 Å². The summed E-state index contributed by atoms with van der Waals surface area (Å²) in [6.07, 6.45) is 4.96. The summed E-state index contributed by atoms with van der Waals surface area (Å²) in [5.41, 5.74) is 0.00894. The Bertz CT molecular complexity index is 438. The molecular weight excluding hydrogens is 222 g/mol. The Morgan fingerprint density at radius 3 is 3.06 bits per heavy atom. The maximum Gasteiger partial charge on any atom is 0.348 e. The molecule has 0 saturated heterocycles. The topological polar surface area (TPSA) is 50.1 Å². The van der Waals surface area contributed by atoms with Crippen molar-refractivity contribution in [2.45, 2.75) is 6.92 Å². The molecule has 0 bridgehead atoms. The monoisotopic (exact) mass is 233 g/mol. The number of carbonyl (C=O) groups excluding carboxylic acids is 1. The molecule has 82 valence electrons. The molecule has 1 rings (SSSR count). The first-order valence-corrected chi connectivity index (χ1v) is 5.65. The van der Waals surface area contributed by atoms with Gasteiger partial charge in [0.05, 0.1) is 6.61 Å². The minimum atomic E-state index is -0.583. The second kappa shape index (κ2) is 6.59. The third-order valence-electron chi connectivity index (χ3n) is 1.68. The molecule has 3 nitrogen and oxygen atoms in total. The van der Waals surface area contributed by atoms with Crippen molar-refractivity contribution in [3.05, 3.63) is 40.1 Å². The number of nitriles is 1. The summed E-state index contributed by atoms with van der Waals surface area (Å²) >= 11 is 1.59. The van der Waals surface area contributed by atoms with Gasteiger partial charge in [-0.1, -0.05) is 12.1 Å². The molecule has 16 heavy (non-hydrogen) atoms. The molecule has 0 aliphatic carbocycles. The van der Waals surface area contributed by atoms with Crippen LogP contribution >= 0.6 is 11.3 Å². The van der Waals surface area contributed by atoms with Gasteiger partial charge < -0.3 is 4.74 Å². The lowest BCUT2D eigenvalue weighted by atomic mass is 10.2. The van der Waals surface area contributed by atoms with Crippen molar-refractivity contribution in [2.24, 2.45) is 0 Å². The molecule has 1 aromatic heterocycles. The van der Waals surface area contributed by atoms with E-state index in [9.17, 15) is 4.79 Å². The summed E-state index contributed by atoms with van der Waals surface area (Å²) in [7, 11) is 0. The lowest BCUT2D eigenvalue weighted by Gasteiger charge is -1.97. The first kappa shape index (κ1) is 12.2. The fraction of sp³-hybridized carbons (Fsp3) is 0.167. The molecule has 0 saturated carbocycles. The van der Waals surface area contributed by atoms with Crippen molar-refractivity contribution < 1.29 is 9.53 Å². The molecule has 0 amide bonds. The van der Waals surface area contributed by atoms with Gasteiger partial charge in [-0.2, -0.15) is 5.26 Å². The van der Waals surface area contributed by atoms with Gasteiger partial charge in [0.2, 0.25) is 0 Å². The SMILES string of the molecule is CCOC(=O)/C(C#N)=C/C=C\c1cccs1. The summed E-state index contributed by atoms with van der Waals surface area (Å²) in [5, 5.41) is 10.7. The molecule has 0 atom stereocenters. The number of hydrogen-bond acceptors (Lipinski definition) is 4. The zero-order valence-electron chi connectivity index (χ0n) is 8.84. The van der Waals surface area contributed by atoms with Crippen molar-refractivity contribution in [1.29, 1.82) is 5.26 Å². The van der Waals surface area contributed by atoms with E-state index in [0.717, 1.165) is 4.88 Å². The van der Waals surface area contributed by atoms with Crippen molar-refractivity contribution in [3.8, 4) is 6.07 Å². The van der Waals surface area contributed by atoms with Crippen LogP contribution in [0.25, 0.3) is 6.08 Å². The van der Waals surface area contributed by atoms with Crippen LogP contribution in [0.1, 0.15) is 11.8 Å². The lowest BCUT2D eigenvalue weighted by molar-refractivity contribution is -0.138. The largest absolute Gasteiger partial charge is 0.462 e. The molecule has 0 radical (unpaired) electrons. The summed E-state index contributed by atoms with van der Waals surface area (Å²) in [6.45, 7) is 1.97. The van der Waals surface area contributed by atoms with Gasteiger partial charge in [0.25, 0.3) is 0 Å². The van der Waals surface area contributed by atoms with Gasteiger partial charge in [0.15, 0.2) is 0 Å². The highest BCUT2D eigenvalue weighted by atomic mass is 32.1. The van der Waals surface area contributed by atoms with Crippen LogP contribution in [-0.4, -0.2) is 12.6 Å². The number of ether oxygens (including phenoxy) is 1. The first-order chi connectivity index (χ1) is 7.77. The van der Waals surface area contributed by atoms with Crippen LogP contribution in [0.4, 0.5) is 0 Å². The van der Waals surface area contributed by atoms with E-state index in [1.165, 1.54) is 6.08 Å². The van der Waals surface area contributed by atoms with E-state index < -0.39 is 5.97 Å². The number of allylic oxidation sites excluding steroid dienone is 2. The smallest absolute Gasteiger partial charge is 0.348 e. The van der Waals surface area contributed by atoms with Gasteiger partial charge in [-0.3, -0.25) is 0 Å². The van der Waals surface area contributed by atoms with Crippen molar-refractivity contribution in [2.75, 3.05) is 6.61 Å². The van der Waals surface area contributed by atoms with Crippen LogP contribution in [0.2, 0.25) is 0 Å². The van der Waals surface area contributed by atoms with Gasteiger partial charge >= 0.3 is 5.97 Å². The second-order valence-electron chi connectivity index (χ2n) is 2.79. The van der Waals surface area contributed by atoms with Crippen LogP contribution < -0.4 is 0 Å². The minimum Gasteiger partial charge on any atom is -0.462 e. The second-order valence-corrected chi connectivity index (χ2v) is 3.77. The standard InChI is InChI=1S/C12H11NO2S/c1-2-15-12(14)10(9-13)5-3-6-11-7-4-8-16-11/h3-8H,2H2,1H3/b6-3-,10-5+. The Kier molecular flexibility index (Phi) is 5.03. The summed E-state index contributed by atoms with van der Waals surface area (Å²) in [6, 6.07) is 5.69. The molecule has 0 aliphatic heterocycles. The molecule has 0 unspecified atom stereocenters. The predicted molar refractivity (Wildman–Crippen MR) is 63.7 cm³/mol. The van der Waals surface area contributed by atoms with Crippen molar-refractivity contribution in [3.63, 3.8) is 0 Å². The third-order valence-corrected chi connectivity index (χ3v) is 2.52. The average Bonchev–Trinajstić information content (AvgIpc) is 2.77. The van der Waals surface area contributed by atoms with E-state index in [4.69, 9.17) is 10.00 Å². The van der Waals surface area contributed by atoms with Gasteiger partial charge in [0.1, 0.15) is 11.6 Å². The third kappa shape index (κ3) is 3.71. The minimum absolute atomic E-state index is 0.00894. The molecule has 0 aliphatic rings. The van der Waals surface area contributed by atoms with E-state index >= 15 is 0 Å². The van der Waals surface area contributed by atoms with E-state index in [1.54, 1.807) is 30.4 Å². The van der Waals surface area contributed by atoms with Crippen LogP contribution in [-0.2, 0) is 9.53 Å². The zero-order chi connectivity index (χ0) is 11.8. The highest BCUT2D eigenvalue weighted by molar-refractivity contribution is 7.10. The van der Waals surface area contributed by atoms with E-state index in [2.05, 4.69) is 0 Å². The number of esters is 1. The molecule has 0 spiro atoms. The molecule has 1 heterocycles. The van der Waals surface area contributed by atoms with Crippen LogP contribution in [0.15, 0.2) is 35.2 Å². The summed E-state index contributed by atoms with van der Waals surface area (Å²) in [4.78, 5) is 12.3. The van der Waals surface area contributed by atoms with Gasteiger partial charge in [-0.25, -0.2) is 4.79 Å². The molecule has 0 aromatic carbocycles. The Morgan fingerprint density at radius 2 is 2.50 bits per heavy atom. The molecule has 0 N–H and O–H groups in total. The average molecular weight is 233 g/mol. The number of nitrogens with zero attached hydrogens (tertiary/aromatic N) is 1. The predicted octanol–water partition coefficient (Wildman–Crippen LogP) is 2.77. The highest BCUT2D eigenvalue weighted by Crippen LogP contribution is 2.10. The highest BCUT2D eigenvalue weighted by Gasteiger charge is 2.07. The number of thiophene rings is 1. The Hall–Kier alpha value is -1.86. The number of hydrogen-bond donors (Lipinski definition) is 0. The molecule has 1 aromatic rings. The van der Waals surface area contributed by atoms with Gasteiger partial charge in [-0.15, -0.1) is 11.3 Å².